The first-order chi connectivity index (χ1) is 9.49. The zero-order valence-electron chi connectivity index (χ0n) is 11.2. The van der Waals surface area contributed by atoms with Gasteiger partial charge in [-0.25, -0.2) is 13.1 Å². The van der Waals surface area contributed by atoms with Crippen molar-refractivity contribution in [3.8, 4) is 0 Å². The molecule has 108 valence electrons. The number of rotatable bonds is 6. The van der Waals surface area contributed by atoms with Crippen LogP contribution in [-0.4, -0.2) is 35.0 Å². The van der Waals surface area contributed by atoms with Crippen LogP contribution in [0.2, 0.25) is 0 Å². The molecule has 6 nitrogen and oxygen atoms in total. The summed E-state index contributed by atoms with van der Waals surface area (Å²) in [6, 6.07) is 8.33. The van der Waals surface area contributed by atoms with Crippen LogP contribution in [0, 0.1) is 0 Å². The van der Waals surface area contributed by atoms with Gasteiger partial charge in [0.25, 0.3) is 0 Å². The van der Waals surface area contributed by atoms with Crippen LogP contribution in [0.3, 0.4) is 0 Å². The molecule has 0 unspecified atom stereocenters. The molecule has 0 aliphatic carbocycles. The third-order valence-corrected chi connectivity index (χ3v) is 5.18. The Balaban J connectivity index is 1.93. The van der Waals surface area contributed by atoms with E-state index in [2.05, 4.69) is 14.9 Å². The summed E-state index contributed by atoms with van der Waals surface area (Å²) in [5.41, 5.74) is 0. The van der Waals surface area contributed by atoms with Gasteiger partial charge in [0, 0.05) is 18.8 Å². The predicted molar refractivity (Wildman–Crippen MR) is 78.0 cm³/mol. The van der Waals surface area contributed by atoms with E-state index in [0.717, 1.165) is 5.16 Å². The third kappa shape index (κ3) is 3.81. The third-order valence-electron chi connectivity index (χ3n) is 2.59. The van der Waals surface area contributed by atoms with Crippen LogP contribution >= 0.6 is 11.8 Å². The normalized spacial score (nSPS) is 13.3. The average Bonchev–Trinajstić information content (AvgIpc) is 2.83. The highest BCUT2D eigenvalue weighted by Gasteiger charge is 2.16. The number of nitrogens with one attached hydrogen (secondary N) is 1. The molecule has 0 saturated carbocycles. The molecule has 0 aliphatic rings. The summed E-state index contributed by atoms with van der Waals surface area (Å²) in [5, 5.41) is 8.55. The molecule has 1 N–H and O–H groups in total. The summed E-state index contributed by atoms with van der Waals surface area (Å²) in [7, 11) is -1.60. The molecular weight excluding hydrogens is 296 g/mol. The van der Waals surface area contributed by atoms with E-state index in [1.54, 1.807) is 41.2 Å². The largest absolute Gasteiger partial charge is 0.312 e. The van der Waals surface area contributed by atoms with Crippen molar-refractivity contribution in [2.45, 2.75) is 22.2 Å². The van der Waals surface area contributed by atoms with Crippen molar-refractivity contribution in [2.24, 2.45) is 7.05 Å². The van der Waals surface area contributed by atoms with Crippen molar-refractivity contribution in [2.75, 3.05) is 6.54 Å². The quantitative estimate of drug-likeness (QED) is 0.813. The van der Waals surface area contributed by atoms with E-state index in [9.17, 15) is 8.42 Å². The molecule has 0 amide bonds. The summed E-state index contributed by atoms with van der Waals surface area (Å²) in [4.78, 5) is 0.274. The number of thioether (sulfide) groups is 1. The van der Waals surface area contributed by atoms with Crippen molar-refractivity contribution in [1.29, 1.82) is 0 Å². The van der Waals surface area contributed by atoms with E-state index in [4.69, 9.17) is 0 Å². The van der Waals surface area contributed by atoms with Crippen LogP contribution in [0.4, 0.5) is 0 Å². The van der Waals surface area contributed by atoms with Gasteiger partial charge in [0.2, 0.25) is 10.0 Å². The fraction of sp³-hybridized carbons (Fsp3) is 0.333. The molecule has 0 aliphatic heterocycles. The summed E-state index contributed by atoms with van der Waals surface area (Å²) in [6.45, 7) is 2.27. The van der Waals surface area contributed by atoms with Crippen molar-refractivity contribution in [1.82, 2.24) is 19.5 Å². The fourth-order valence-corrected chi connectivity index (χ4v) is 3.60. The van der Waals surface area contributed by atoms with Crippen LogP contribution in [0.15, 0.2) is 46.7 Å². The summed E-state index contributed by atoms with van der Waals surface area (Å²) < 4.78 is 28.5. The van der Waals surface area contributed by atoms with Gasteiger partial charge >= 0.3 is 0 Å². The molecule has 1 heterocycles. The van der Waals surface area contributed by atoms with Crippen LogP contribution in [0.25, 0.3) is 0 Å². The molecule has 0 fully saturated rings. The van der Waals surface area contributed by atoms with Gasteiger partial charge in [-0.2, -0.15) is 0 Å². The van der Waals surface area contributed by atoms with Gasteiger partial charge in [-0.1, -0.05) is 36.9 Å². The Morgan fingerprint density at radius 2 is 2.05 bits per heavy atom. The smallest absolute Gasteiger partial charge is 0.240 e. The number of aryl methyl sites for hydroxylation is 1. The highest BCUT2D eigenvalue weighted by Crippen LogP contribution is 2.19. The molecule has 0 bridgehead atoms. The van der Waals surface area contributed by atoms with Crippen LogP contribution < -0.4 is 4.72 Å². The lowest BCUT2D eigenvalue weighted by molar-refractivity contribution is 0.581. The molecule has 2 aromatic rings. The van der Waals surface area contributed by atoms with E-state index in [0.29, 0.717) is 6.54 Å². The van der Waals surface area contributed by atoms with Gasteiger partial charge in [0.05, 0.1) is 4.90 Å². The Kier molecular flexibility index (Phi) is 4.79. The van der Waals surface area contributed by atoms with Gasteiger partial charge in [-0.15, -0.1) is 10.2 Å². The van der Waals surface area contributed by atoms with Crippen molar-refractivity contribution in [3.05, 3.63) is 36.7 Å². The van der Waals surface area contributed by atoms with Gasteiger partial charge < -0.3 is 4.57 Å². The minimum atomic E-state index is -3.45. The van der Waals surface area contributed by atoms with Gasteiger partial charge in [-0.05, 0) is 12.1 Å². The second-order valence-electron chi connectivity index (χ2n) is 4.32. The first-order valence-electron chi connectivity index (χ1n) is 6.04. The second kappa shape index (κ2) is 6.38. The zero-order chi connectivity index (χ0) is 14.6. The summed E-state index contributed by atoms with van der Waals surface area (Å²) in [5.74, 6) is 0. The molecule has 1 aromatic heterocycles. The number of hydrogen-bond donors (Lipinski definition) is 1. The predicted octanol–water partition coefficient (Wildman–Crippen LogP) is 1.27. The first-order valence-corrected chi connectivity index (χ1v) is 8.40. The van der Waals surface area contributed by atoms with E-state index in [1.165, 1.54) is 11.8 Å². The Morgan fingerprint density at radius 1 is 1.35 bits per heavy atom. The van der Waals surface area contributed by atoms with Crippen LogP contribution in [0.5, 0.6) is 0 Å². The SMILES string of the molecule is C[C@H](CNS(=O)(=O)c1ccccc1)Sc1nncn1C. The molecule has 20 heavy (non-hydrogen) atoms. The Labute approximate surface area is 122 Å². The van der Waals surface area contributed by atoms with E-state index in [1.807, 2.05) is 14.0 Å². The topological polar surface area (TPSA) is 76.9 Å². The Bertz CT molecular complexity index is 655. The molecule has 0 radical (unpaired) electrons. The number of sulfonamides is 1. The lowest BCUT2D eigenvalue weighted by atomic mass is 10.4. The van der Waals surface area contributed by atoms with E-state index in [-0.39, 0.29) is 10.1 Å². The lowest BCUT2D eigenvalue weighted by Crippen LogP contribution is -2.29. The molecule has 0 saturated heterocycles. The van der Waals surface area contributed by atoms with E-state index >= 15 is 0 Å². The number of hydrogen-bond acceptors (Lipinski definition) is 5. The average molecular weight is 312 g/mol. The van der Waals surface area contributed by atoms with Crippen molar-refractivity contribution >= 4 is 21.8 Å². The highest BCUT2D eigenvalue weighted by molar-refractivity contribution is 7.99. The minimum absolute atomic E-state index is 0.0522. The number of nitrogens with zero attached hydrogens (tertiary/aromatic N) is 3. The van der Waals surface area contributed by atoms with Crippen LogP contribution in [0.1, 0.15) is 6.92 Å². The molecule has 0 spiro atoms. The first kappa shape index (κ1) is 15.0. The maximum Gasteiger partial charge on any atom is 0.240 e. The Hall–Kier alpha value is -1.38. The van der Waals surface area contributed by atoms with Crippen molar-refractivity contribution < 1.29 is 8.42 Å². The Morgan fingerprint density at radius 3 is 2.65 bits per heavy atom. The molecular formula is C12H16N4O2S2. The molecule has 1 aromatic carbocycles. The lowest BCUT2D eigenvalue weighted by Gasteiger charge is -2.12. The standard InChI is InChI=1S/C12H16N4O2S2/c1-10(19-12-15-13-9-16(12)2)8-14-20(17,18)11-6-4-3-5-7-11/h3-7,9-10,14H,8H2,1-2H3/t10-/m1/s1. The minimum Gasteiger partial charge on any atom is -0.312 e. The second-order valence-corrected chi connectivity index (χ2v) is 7.49. The van der Waals surface area contributed by atoms with Gasteiger partial charge in [0.15, 0.2) is 5.16 Å². The van der Waals surface area contributed by atoms with Gasteiger partial charge in [0.1, 0.15) is 6.33 Å². The van der Waals surface area contributed by atoms with Crippen LogP contribution in [-0.2, 0) is 17.1 Å². The van der Waals surface area contributed by atoms with Crippen molar-refractivity contribution in [3.63, 3.8) is 0 Å². The fourth-order valence-electron chi connectivity index (χ4n) is 1.51. The molecule has 1 atom stereocenters. The summed E-state index contributed by atoms with van der Waals surface area (Å²) >= 11 is 1.48. The summed E-state index contributed by atoms with van der Waals surface area (Å²) in [6.07, 6.45) is 1.61. The monoisotopic (exact) mass is 312 g/mol. The van der Waals surface area contributed by atoms with Gasteiger partial charge in [-0.3, -0.25) is 0 Å². The maximum absolute atomic E-state index is 12.1. The molecule has 2 rings (SSSR count). The maximum atomic E-state index is 12.1. The number of benzene rings is 1. The number of aromatic nitrogens is 3. The van der Waals surface area contributed by atoms with E-state index < -0.39 is 10.0 Å². The zero-order valence-corrected chi connectivity index (χ0v) is 12.9. The molecule has 8 heteroatoms. The highest BCUT2D eigenvalue weighted by atomic mass is 32.2.